The first kappa shape index (κ1) is 13.1. The molecule has 1 aromatic carbocycles. The van der Waals surface area contributed by atoms with Gasteiger partial charge in [-0.05, 0) is 37.1 Å². The van der Waals surface area contributed by atoms with E-state index >= 15 is 0 Å². The van der Waals surface area contributed by atoms with Crippen LogP contribution in [0.2, 0.25) is 0 Å². The van der Waals surface area contributed by atoms with Crippen molar-refractivity contribution in [3.63, 3.8) is 0 Å². The Kier molecular flexibility index (Phi) is 2.97. The molecule has 0 radical (unpaired) electrons. The van der Waals surface area contributed by atoms with Crippen molar-refractivity contribution in [3.8, 4) is 5.75 Å². The third kappa shape index (κ3) is 1.82. The van der Waals surface area contributed by atoms with Crippen molar-refractivity contribution in [2.75, 3.05) is 0 Å². The number of benzene rings is 1. The smallest absolute Gasteiger partial charge is 0.191 e. The highest BCUT2D eigenvalue weighted by Gasteiger charge is 2.60. The van der Waals surface area contributed by atoms with E-state index in [0.29, 0.717) is 12.8 Å². The van der Waals surface area contributed by atoms with Gasteiger partial charge in [0.25, 0.3) is 0 Å². The second-order valence-corrected chi connectivity index (χ2v) is 7.27. The van der Waals surface area contributed by atoms with Crippen LogP contribution >= 0.6 is 0 Å². The third-order valence-corrected chi connectivity index (χ3v) is 5.87. The van der Waals surface area contributed by atoms with Crippen molar-refractivity contribution in [1.82, 2.24) is 0 Å². The maximum Gasteiger partial charge on any atom is 0.191 e. The summed E-state index contributed by atoms with van der Waals surface area (Å²) in [5.74, 6) is -0.496. The van der Waals surface area contributed by atoms with Gasteiger partial charge in [-0.2, -0.15) is 0 Å². The minimum Gasteiger partial charge on any atom is -0.508 e. The van der Waals surface area contributed by atoms with Crippen molar-refractivity contribution < 1.29 is 18.3 Å². The van der Waals surface area contributed by atoms with Crippen LogP contribution < -0.4 is 0 Å². The predicted molar refractivity (Wildman–Crippen MR) is 67.1 cm³/mol. The van der Waals surface area contributed by atoms with Gasteiger partial charge in [0, 0.05) is 5.92 Å². The van der Waals surface area contributed by atoms with Gasteiger partial charge in [0.2, 0.25) is 0 Å². The Hall–Kier alpha value is -1.36. The van der Waals surface area contributed by atoms with E-state index in [1.54, 1.807) is 13.8 Å². The van der Waals surface area contributed by atoms with Crippen LogP contribution in [0.3, 0.4) is 0 Å². The highest BCUT2D eigenvalue weighted by atomic mass is 32.2. The van der Waals surface area contributed by atoms with Gasteiger partial charge in [-0.15, -0.1) is 0 Å². The number of carbonyl (C=O) groups is 1. The molecule has 0 aromatic heterocycles. The lowest BCUT2D eigenvalue weighted by Gasteiger charge is -2.17. The van der Waals surface area contributed by atoms with Crippen LogP contribution in [0.15, 0.2) is 29.2 Å². The summed E-state index contributed by atoms with van der Waals surface area (Å²) in [4.78, 5) is 12.2. The SMILES string of the molecule is CC(C)C(=O)C1(S(=O)(=O)c2ccc(O)cc2)CC1. The van der Waals surface area contributed by atoms with Crippen LogP contribution in [-0.2, 0) is 14.6 Å². The zero-order valence-electron chi connectivity index (χ0n) is 10.4. The molecule has 0 saturated heterocycles. The molecule has 0 spiro atoms. The zero-order chi connectivity index (χ0) is 13.6. The van der Waals surface area contributed by atoms with Crippen molar-refractivity contribution in [1.29, 1.82) is 0 Å². The summed E-state index contributed by atoms with van der Waals surface area (Å²) in [5, 5.41) is 9.18. The normalized spacial score (nSPS) is 17.7. The van der Waals surface area contributed by atoms with E-state index < -0.39 is 14.6 Å². The van der Waals surface area contributed by atoms with Crippen molar-refractivity contribution in [3.05, 3.63) is 24.3 Å². The number of sulfone groups is 1. The first-order chi connectivity index (χ1) is 8.31. The Balaban J connectivity index is 2.44. The molecule has 0 amide bonds. The molecule has 0 bridgehead atoms. The van der Waals surface area contributed by atoms with Gasteiger partial charge < -0.3 is 5.11 Å². The van der Waals surface area contributed by atoms with Gasteiger partial charge in [0.05, 0.1) is 4.90 Å². The third-order valence-electron chi connectivity index (χ3n) is 3.34. The van der Waals surface area contributed by atoms with Gasteiger partial charge in [-0.25, -0.2) is 8.42 Å². The second kappa shape index (κ2) is 4.09. The van der Waals surface area contributed by atoms with Gasteiger partial charge in [0.15, 0.2) is 15.6 Å². The molecule has 0 aliphatic heterocycles. The summed E-state index contributed by atoms with van der Waals surface area (Å²) in [5.41, 5.74) is 0. The van der Waals surface area contributed by atoms with E-state index in [4.69, 9.17) is 0 Å². The molecule has 1 fully saturated rings. The average Bonchev–Trinajstić information content (AvgIpc) is 3.10. The Morgan fingerprint density at radius 2 is 1.72 bits per heavy atom. The quantitative estimate of drug-likeness (QED) is 0.905. The van der Waals surface area contributed by atoms with Gasteiger partial charge in [-0.1, -0.05) is 13.8 Å². The zero-order valence-corrected chi connectivity index (χ0v) is 11.2. The molecule has 0 unspecified atom stereocenters. The lowest BCUT2D eigenvalue weighted by molar-refractivity contribution is -0.122. The Morgan fingerprint density at radius 3 is 2.11 bits per heavy atom. The van der Waals surface area contributed by atoms with E-state index in [9.17, 15) is 18.3 Å². The lowest BCUT2D eigenvalue weighted by atomic mass is 10.1. The van der Waals surface area contributed by atoms with Crippen LogP contribution in [0.4, 0.5) is 0 Å². The van der Waals surface area contributed by atoms with E-state index in [-0.39, 0.29) is 22.3 Å². The highest BCUT2D eigenvalue weighted by Crippen LogP contribution is 2.49. The number of phenolic OH excluding ortho intramolecular Hbond substituents is 1. The number of hydrogen-bond donors (Lipinski definition) is 1. The molecule has 1 N–H and O–H groups in total. The van der Waals surface area contributed by atoms with E-state index in [0.717, 1.165) is 0 Å². The van der Waals surface area contributed by atoms with Crippen molar-refractivity contribution in [2.24, 2.45) is 5.92 Å². The molecule has 18 heavy (non-hydrogen) atoms. The standard InChI is InChI=1S/C13H16O4S/c1-9(2)12(15)13(7-8-13)18(16,17)11-5-3-10(14)4-6-11/h3-6,9,14H,7-8H2,1-2H3. The Labute approximate surface area is 107 Å². The van der Waals surface area contributed by atoms with Crippen LogP contribution in [0.25, 0.3) is 0 Å². The molecular weight excluding hydrogens is 252 g/mol. The van der Waals surface area contributed by atoms with Crippen LogP contribution in [0.5, 0.6) is 5.75 Å². The maximum atomic E-state index is 12.5. The fraction of sp³-hybridized carbons (Fsp3) is 0.462. The molecule has 1 aliphatic carbocycles. The predicted octanol–water partition coefficient (Wildman–Crippen LogP) is 1.92. The molecule has 0 atom stereocenters. The number of rotatable bonds is 4. The summed E-state index contributed by atoms with van der Waals surface area (Å²) in [6, 6.07) is 5.34. The number of Topliss-reactive ketones (excluding diaryl/α,β-unsaturated/α-hetero) is 1. The minimum atomic E-state index is -3.65. The van der Waals surface area contributed by atoms with Crippen LogP contribution in [0.1, 0.15) is 26.7 Å². The van der Waals surface area contributed by atoms with Crippen LogP contribution in [0, 0.1) is 5.92 Å². The maximum absolute atomic E-state index is 12.5. The molecule has 1 saturated carbocycles. The number of aromatic hydroxyl groups is 1. The fourth-order valence-corrected chi connectivity index (χ4v) is 4.22. The average molecular weight is 268 g/mol. The summed E-state index contributed by atoms with van der Waals surface area (Å²) in [7, 11) is -3.65. The Morgan fingerprint density at radius 1 is 1.22 bits per heavy atom. The highest BCUT2D eigenvalue weighted by molar-refractivity contribution is 7.94. The van der Waals surface area contributed by atoms with E-state index in [1.807, 2.05) is 0 Å². The lowest BCUT2D eigenvalue weighted by Crippen LogP contribution is -2.35. The van der Waals surface area contributed by atoms with Gasteiger partial charge in [0.1, 0.15) is 10.5 Å². The largest absolute Gasteiger partial charge is 0.508 e. The summed E-state index contributed by atoms with van der Waals surface area (Å²) in [6.07, 6.45) is 0.792. The molecule has 0 heterocycles. The summed E-state index contributed by atoms with van der Waals surface area (Å²) < 4.78 is 23.7. The Bertz CT molecular complexity index is 566. The monoisotopic (exact) mass is 268 g/mol. The molecule has 5 heteroatoms. The molecule has 4 nitrogen and oxygen atoms in total. The molecule has 98 valence electrons. The molecule has 2 rings (SSSR count). The van der Waals surface area contributed by atoms with Gasteiger partial charge >= 0.3 is 0 Å². The first-order valence-electron chi connectivity index (χ1n) is 5.89. The summed E-state index contributed by atoms with van der Waals surface area (Å²) in [6.45, 7) is 3.43. The van der Waals surface area contributed by atoms with Gasteiger partial charge in [-0.3, -0.25) is 4.79 Å². The molecule has 1 aliphatic rings. The van der Waals surface area contributed by atoms with E-state index in [2.05, 4.69) is 0 Å². The number of carbonyl (C=O) groups excluding carboxylic acids is 1. The molecule has 1 aromatic rings. The fourth-order valence-electron chi connectivity index (χ4n) is 2.14. The second-order valence-electron chi connectivity index (χ2n) is 5.01. The molecular formula is C13H16O4S. The number of phenols is 1. The number of ketones is 1. The topological polar surface area (TPSA) is 71.4 Å². The van der Waals surface area contributed by atoms with E-state index in [1.165, 1.54) is 24.3 Å². The first-order valence-corrected chi connectivity index (χ1v) is 7.37. The number of hydrogen-bond acceptors (Lipinski definition) is 4. The van der Waals surface area contributed by atoms with Crippen molar-refractivity contribution in [2.45, 2.75) is 36.3 Å². The minimum absolute atomic E-state index is 0.00832. The van der Waals surface area contributed by atoms with Crippen molar-refractivity contribution >= 4 is 15.6 Å². The summed E-state index contributed by atoms with van der Waals surface area (Å²) >= 11 is 0. The van der Waals surface area contributed by atoms with Crippen LogP contribution in [-0.4, -0.2) is 24.1 Å².